The van der Waals surface area contributed by atoms with E-state index >= 15 is 0 Å². The van der Waals surface area contributed by atoms with Gasteiger partial charge in [0.2, 0.25) is 0 Å². The topological polar surface area (TPSA) is 61.9 Å². The van der Waals surface area contributed by atoms with Gasteiger partial charge in [0.1, 0.15) is 11.3 Å². The first-order chi connectivity index (χ1) is 8.41. The second kappa shape index (κ2) is 4.55. The number of halogens is 4. The Balaban J connectivity index is 2.64. The van der Waals surface area contributed by atoms with Gasteiger partial charge in [-0.1, -0.05) is 21.0 Å². The van der Waals surface area contributed by atoms with Crippen LogP contribution in [0.1, 0.15) is 11.3 Å². The van der Waals surface area contributed by atoms with Gasteiger partial charge in [0.05, 0.1) is 12.1 Å². The van der Waals surface area contributed by atoms with E-state index in [1.165, 1.54) is 12.1 Å². The van der Waals surface area contributed by atoms with Crippen LogP contribution in [-0.2, 0) is 12.7 Å². The van der Waals surface area contributed by atoms with Crippen LogP contribution in [0.4, 0.5) is 13.2 Å². The van der Waals surface area contributed by atoms with Crippen LogP contribution in [0.25, 0.3) is 21.4 Å². The fourth-order valence-corrected chi connectivity index (χ4v) is 2.01. The summed E-state index contributed by atoms with van der Waals surface area (Å²) in [5, 5.41) is 3.20. The highest BCUT2D eigenvalue weighted by atomic mass is 79.9. The van der Waals surface area contributed by atoms with E-state index in [9.17, 15) is 13.2 Å². The summed E-state index contributed by atoms with van der Waals surface area (Å²) in [5.74, 6) is 0.186. The van der Waals surface area contributed by atoms with Crippen LogP contribution in [0.3, 0.4) is 0 Å². The molecule has 1 heterocycles. The molecule has 0 fully saturated rings. The summed E-state index contributed by atoms with van der Waals surface area (Å²) >= 11 is 3.00. The number of hydrogen-bond acceptors (Lipinski definition) is 2. The number of nitrogens with zero attached hydrogens (tertiary/aromatic N) is 3. The van der Waals surface area contributed by atoms with Gasteiger partial charge in [0, 0.05) is 14.8 Å². The smallest absolute Gasteiger partial charge is 0.417 e. The van der Waals surface area contributed by atoms with Crippen LogP contribution in [0.2, 0.25) is 0 Å². The Bertz CT molecular complexity index is 644. The van der Waals surface area contributed by atoms with Crippen LogP contribution in [0.15, 0.2) is 32.2 Å². The van der Waals surface area contributed by atoms with Crippen LogP contribution >= 0.6 is 15.9 Å². The quantitative estimate of drug-likeness (QED) is 0.435. The molecule has 1 aromatic heterocycles. The molecule has 0 spiro atoms. The van der Waals surface area contributed by atoms with Gasteiger partial charge < -0.3 is 4.42 Å². The van der Waals surface area contributed by atoms with Crippen molar-refractivity contribution in [3.63, 3.8) is 0 Å². The molecular formula is C10H5BrF3N3O. The molecule has 1 aromatic carbocycles. The predicted octanol–water partition coefficient (Wildman–Crippen LogP) is 5.02. The van der Waals surface area contributed by atoms with E-state index in [4.69, 9.17) is 9.95 Å². The third-order valence-corrected chi connectivity index (χ3v) is 2.71. The Morgan fingerprint density at radius 3 is 2.67 bits per heavy atom. The predicted molar refractivity (Wildman–Crippen MR) is 61.8 cm³/mol. The summed E-state index contributed by atoms with van der Waals surface area (Å²) < 4.78 is 43.9. The second-order valence-electron chi connectivity index (χ2n) is 3.46. The van der Waals surface area contributed by atoms with E-state index in [1.807, 2.05) is 0 Å². The molecule has 2 rings (SSSR count). The Morgan fingerprint density at radius 2 is 2.06 bits per heavy atom. The van der Waals surface area contributed by atoms with Gasteiger partial charge in [-0.15, -0.1) is 0 Å². The van der Waals surface area contributed by atoms with E-state index in [0.29, 0.717) is 0 Å². The molecule has 8 heteroatoms. The summed E-state index contributed by atoms with van der Waals surface area (Å²) in [6, 6.07) is 3.65. The minimum absolute atomic E-state index is 0.0474. The highest BCUT2D eigenvalue weighted by molar-refractivity contribution is 9.10. The molecule has 94 valence electrons. The molecule has 0 radical (unpaired) electrons. The molecule has 0 N–H and O–H groups in total. The van der Waals surface area contributed by atoms with Gasteiger partial charge >= 0.3 is 6.18 Å². The van der Waals surface area contributed by atoms with Gasteiger partial charge in [0.25, 0.3) is 0 Å². The lowest BCUT2D eigenvalue weighted by molar-refractivity contribution is -0.136. The van der Waals surface area contributed by atoms with E-state index in [2.05, 4.69) is 26.0 Å². The first kappa shape index (κ1) is 12.8. The number of fused-ring (bicyclic) bond motifs is 1. The molecule has 0 aliphatic rings. The molecule has 0 bridgehead atoms. The molecule has 18 heavy (non-hydrogen) atoms. The van der Waals surface area contributed by atoms with Crippen molar-refractivity contribution >= 4 is 26.9 Å². The largest absolute Gasteiger partial charge is 0.461 e. The molecule has 2 aromatic rings. The molecule has 0 aliphatic carbocycles. The Morgan fingerprint density at radius 1 is 1.33 bits per heavy atom. The van der Waals surface area contributed by atoms with Crippen LogP contribution < -0.4 is 0 Å². The first-order valence-electron chi connectivity index (χ1n) is 4.72. The van der Waals surface area contributed by atoms with Crippen molar-refractivity contribution in [2.24, 2.45) is 5.11 Å². The number of benzene rings is 1. The average molecular weight is 320 g/mol. The maximum atomic E-state index is 12.8. The number of rotatable bonds is 2. The fraction of sp³-hybridized carbons (Fsp3) is 0.200. The van der Waals surface area contributed by atoms with Crippen molar-refractivity contribution in [2.75, 3.05) is 0 Å². The first-order valence-corrected chi connectivity index (χ1v) is 5.51. The summed E-state index contributed by atoms with van der Waals surface area (Å²) in [7, 11) is 0. The maximum absolute atomic E-state index is 12.8. The molecule has 0 saturated heterocycles. The van der Waals surface area contributed by atoms with E-state index in [0.717, 1.165) is 6.07 Å². The minimum Gasteiger partial charge on any atom is -0.461 e. The SMILES string of the molecule is [N-]=[N+]=NCc1cc2c(C(F)(F)F)cc(Br)cc2o1. The maximum Gasteiger partial charge on any atom is 0.417 e. The summed E-state index contributed by atoms with van der Waals surface area (Å²) in [5.41, 5.74) is 7.47. The highest BCUT2D eigenvalue weighted by Crippen LogP contribution is 2.38. The molecule has 0 saturated carbocycles. The van der Waals surface area contributed by atoms with Crippen LogP contribution in [0, 0.1) is 0 Å². The van der Waals surface area contributed by atoms with Gasteiger partial charge in [-0.25, -0.2) is 0 Å². The number of hydrogen-bond donors (Lipinski definition) is 0. The standard InChI is InChI=1S/C10H5BrF3N3O/c11-5-1-8(10(12,13)14)7-3-6(4-16-17-15)18-9(7)2-5/h1-3H,4H2. The van der Waals surface area contributed by atoms with Gasteiger partial charge in [0.15, 0.2) is 0 Å². The van der Waals surface area contributed by atoms with Crippen molar-refractivity contribution in [2.45, 2.75) is 12.7 Å². The van der Waals surface area contributed by atoms with E-state index < -0.39 is 11.7 Å². The summed E-state index contributed by atoms with van der Waals surface area (Å²) in [4.78, 5) is 2.52. The highest BCUT2D eigenvalue weighted by Gasteiger charge is 2.33. The van der Waals surface area contributed by atoms with E-state index in [-0.39, 0.29) is 27.7 Å². The zero-order valence-electron chi connectivity index (χ0n) is 8.70. The zero-order chi connectivity index (χ0) is 13.3. The molecule has 0 amide bonds. The molecule has 0 unspecified atom stereocenters. The summed E-state index contributed by atoms with van der Waals surface area (Å²) in [6.07, 6.45) is -4.47. The average Bonchev–Trinajstić information content (AvgIpc) is 2.66. The minimum atomic E-state index is -4.47. The van der Waals surface area contributed by atoms with Gasteiger partial charge in [-0.3, -0.25) is 0 Å². The number of furan rings is 1. The van der Waals surface area contributed by atoms with Crippen molar-refractivity contribution < 1.29 is 17.6 Å². The second-order valence-corrected chi connectivity index (χ2v) is 4.38. The zero-order valence-corrected chi connectivity index (χ0v) is 10.3. The molecular weight excluding hydrogens is 315 g/mol. The van der Waals surface area contributed by atoms with Gasteiger partial charge in [-0.2, -0.15) is 13.2 Å². The fourth-order valence-electron chi connectivity index (χ4n) is 1.57. The molecule has 0 atom stereocenters. The Kier molecular flexibility index (Phi) is 3.23. The number of alkyl halides is 3. The lowest BCUT2D eigenvalue weighted by Gasteiger charge is -2.07. The van der Waals surface area contributed by atoms with Crippen molar-refractivity contribution in [1.82, 2.24) is 0 Å². The normalized spacial score (nSPS) is 11.6. The lowest BCUT2D eigenvalue weighted by atomic mass is 10.1. The third-order valence-electron chi connectivity index (χ3n) is 2.25. The van der Waals surface area contributed by atoms with Crippen molar-refractivity contribution in [1.29, 1.82) is 0 Å². The number of azide groups is 1. The molecule has 0 aliphatic heterocycles. The van der Waals surface area contributed by atoms with Crippen LogP contribution in [0.5, 0.6) is 0 Å². The monoisotopic (exact) mass is 319 g/mol. The molecule has 4 nitrogen and oxygen atoms in total. The summed E-state index contributed by atoms with van der Waals surface area (Å²) in [6.45, 7) is -0.125. The van der Waals surface area contributed by atoms with Crippen LogP contribution in [-0.4, -0.2) is 0 Å². The van der Waals surface area contributed by atoms with E-state index in [1.54, 1.807) is 0 Å². The van der Waals surface area contributed by atoms with Crippen molar-refractivity contribution in [3.05, 3.63) is 44.4 Å². The Labute approximate surface area is 107 Å². The third kappa shape index (κ3) is 2.44. The van der Waals surface area contributed by atoms with Crippen molar-refractivity contribution in [3.8, 4) is 0 Å². The Hall–Kier alpha value is -1.66. The van der Waals surface area contributed by atoms with Gasteiger partial charge in [-0.05, 0) is 23.7 Å². The lowest BCUT2D eigenvalue weighted by Crippen LogP contribution is -2.05.